The van der Waals surface area contributed by atoms with Crippen molar-refractivity contribution in [2.24, 2.45) is 0 Å². The lowest BCUT2D eigenvalue weighted by atomic mass is 10.2. The first-order chi connectivity index (χ1) is 18.7. The highest BCUT2D eigenvalue weighted by atomic mass is 35.5. The molecule has 0 bridgehead atoms. The van der Waals surface area contributed by atoms with Crippen molar-refractivity contribution in [2.75, 3.05) is 44.0 Å². The average Bonchev–Trinajstić information content (AvgIpc) is 2.93. The van der Waals surface area contributed by atoms with Gasteiger partial charge in [-0.3, -0.25) is 20.6 Å². The molecule has 4 N–H and O–H groups in total. The van der Waals surface area contributed by atoms with Gasteiger partial charge in [0.15, 0.2) is 0 Å². The maximum atomic E-state index is 12.8. The number of aromatic nitrogens is 1. The Morgan fingerprint density at radius 3 is 2.51 bits per heavy atom. The van der Waals surface area contributed by atoms with Crippen LogP contribution in [0.2, 0.25) is 5.02 Å². The van der Waals surface area contributed by atoms with Crippen LogP contribution in [0.5, 0.6) is 17.2 Å². The molecule has 0 aliphatic carbocycles. The number of anilines is 2. The first-order valence-corrected chi connectivity index (χ1v) is 13.1. The number of nitrogens with zero attached hydrogens (tertiary/aromatic N) is 2. The van der Waals surface area contributed by atoms with Gasteiger partial charge in [-0.2, -0.15) is 0 Å². The minimum atomic E-state index is -0.486. The third-order valence-electron chi connectivity index (χ3n) is 6.08. The molecule has 208 valence electrons. The molecule has 0 spiro atoms. The lowest BCUT2D eigenvalue weighted by Crippen LogP contribution is -2.34. The maximum Gasteiger partial charge on any atom is 0.337 e. The third-order valence-corrected chi connectivity index (χ3v) is 6.49. The number of hydrogen-bond acceptors (Lipinski definition) is 7. The van der Waals surface area contributed by atoms with Crippen LogP contribution in [-0.4, -0.2) is 55.1 Å². The van der Waals surface area contributed by atoms with Crippen molar-refractivity contribution in [3.05, 3.63) is 70.5 Å². The molecule has 0 saturated carbocycles. The van der Waals surface area contributed by atoms with Crippen LogP contribution in [0.4, 0.5) is 16.2 Å². The van der Waals surface area contributed by atoms with Gasteiger partial charge in [0.1, 0.15) is 29.5 Å². The number of likely N-dealkylation sites (N-methyl/N-ethyl adjacent to an activating group) is 1. The molecule has 0 aliphatic rings. The molecule has 3 amide bonds. The highest BCUT2D eigenvalue weighted by Gasteiger charge is 2.13. The fraction of sp³-hybridized carbons (Fsp3) is 0.321. The van der Waals surface area contributed by atoms with Crippen LogP contribution in [0.25, 0.3) is 0 Å². The molecule has 0 fully saturated rings. The number of rotatable bonds is 12. The maximum absolute atomic E-state index is 12.8. The summed E-state index contributed by atoms with van der Waals surface area (Å²) < 4.78 is 11.9. The predicted octanol–water partition coefficient (Wildman–Crippen LogP) is 5.37. The molecule has 0 unspecified atom stereocenters. The Bertz CT molecular complexity index is 1300. The zero-order valence-electron chi connectivity index (χ0n) is 22.9. The second-order valence-electron chi connectivity index (χ2n) is 8.66. The summed E-state index contributed by atoms with van der Waals surface area (Å²) in [4.78, 5) is 30.9. The molecule has 0 saturated heterocycles. The van der Waals surface area contributed by atoms with Gasteiger partial charge in [0, 0.05) is 42.5 Å². The molecule has 39 heavy (non-hydrogen) atoms. The fourth-order valence-corrected chi connectivity index (χ4v) is 3.85. The van der Waals surface area contributed by atoms with Crippen LogP contribution >= 0.6 is 11.6 Å². The van der Waals surface area contributed by atoms with Crippen LogP contribution in [0.1, 0.15) is 35.5 Å². The fourth-order valence-electron chi connectivity index (χ4n) is 3.70. The van der Waals surface area contributed by atoms with E-state index in [2.05, 4.69) is 45.2 Å². The smallest absolute Gasteiger partial charge is 0.337 e. The van der Waals surface area contributed by atoms with Gasteiger partial charge < -0.3 is 25.0 Å². The summed E-state index contributed by atoms with van der Waals surface area (Å²) in [6.07, 6.45) is 1.50. The van der Waals surface area contributed by atoms with E-state index >= 15 is 0 Å². The molecular formula is C28H35ClN6O4. The van der Waals surface area contributed by atoms with E-state index in [4.69, 9.17) is 21.1 Å². The molecule has 0 radical (unpaired) electrons. The Kier molecular flexibility index (Phi) is 10.8. The largest absolute Gasteiger partial charge is 0.490 e. The van der Waals surface area contributed by atoms with E-state index in [1.165, 1.54) is 13.2 Å². The van der Waals surface area contributed by atoms with Gasteiger partial charge >= 0.3 is 6.03 Å². The van der Waals surface area contributed by atoms with Gasteiger partial charge in [-0.1, -0.05) is 31.5 Å². The number of pyridine rings is 1. The SMILES string of the molecule is CCN(CC)CCOc1cc(Cl)c(C)cc1NC(=O)NNc1cccc(Oc2ccnc(C(=O)NC)c2)c1C. The van der Waals surface area contributed by atoms with E-state index in [-0.39, 0.29) is 11.6 Å². The zero-order chi connectivity index (χ0) is 28.4. The number of hydrogen-bond donors (Lipinski definition) is 4. The highest BCUT2D eigenvalue weighted by molar-refractivity contribution is 6.31. The second kappa shape index (κ2) is 14.2. The summed E-state index contributed by atoms with van der Waals surface area (Å²) in [5, 5.41) is 5.92. The minimum Gasteiger partial charge on any atom is -0.490 e. The van der Waals surface area contributed by atoms with Crippen LogP contribution in [0.15, 0.2) is 48.7 Å². The second-order valence-corrected chi connectivity index (χ2v) is 9.07. The van der Waals surface area contributed by atoms with Crippen LogP contribution in [0, 0.1) is 13.8 Å². The number of carbonyl (C=O) groups is 2. The van der Waals surface area contributed by atoms with E-state index < -0.39 is 6.03 Å². The Balaban J connectivity index is 1.65. The summed E-state index contributed by atoms with van der Waals surface area (Å²) in [6.45, 7) is 11.0. The monoisotopic (exact) mass is 554 g/mol. The van der Waals surface area contributed by atoms with Crippen LogP contribution < -0.4 is 31.0 Å². The van der Waals surface area contributed by atoms with Crippen molar-refractivity contribution >= 4 is 34.9 Å². The van der Waals surface area contributed by atoms with Crippen molar-refractivity contribution in [1.82, 2.24) is 20.6 Å². The number of ether oxygens (including phenoxy) is 2. The topological polar surface area (TPSA) is 117 Å². The Labute approximate surface area is 234 Å². The molecule has 3 rings (SSSR count). The standard InChI is InChI=1S/C28H35ClN6O4/c1-6-35(7-2)13-14-38-26-17-21(29)18(3)15-23(26)32-28(37)34-33-22-9-8-10-25(19(22)4)39-20-11-12-31-24(16-20)27(36)30-5/h8-12,15-17,33H,6-7,13-14H2,1-5H3,(H,30,36)(H2,32,34,37). The Morgan fingerprint density at radius 1 is 1.03 bits per heavy atom. The van der Waals surface area contributed by atoms with Gasteiger partial charge in [-0.05, 0) is 56.8 Å². The quantitative estimate of drug-likeness (QED) is 0.222. The van der Waals surface area contributed by atoms with Gasteiger partial charge in [-0.15, -0.1) is 0 Å². The molecule has 10 nitrogen and oxygen atoms in total. The Hall–Kier alpha value is -4.02. The summed E-state index contributed by atoms with van der Waals surface area (Å²) in [7, 11) is 1.54. The van der Waals surface area contributed by atoms with Crippen molar-refractivity contribution in [1.29, 1.82) is 0 Å². The molecule has 0 aliphatic heterocycles. The number of aryl methyl sites for hydroxylation is 1. The number of halogens is 1. The van der Waals surface area contributed by atoms with Crippen LogP contribution in [-0.2, 0) is 0 Å². The molecule has 3 aromatic rings. The summed E-state index contributed by atoms with van der Waals surface area (Å²) >= 11 is 6.32. The number of hydrazine groups is 1. The zero-order valence-corrected chi connectivity index (χ0v) is 23.6. The van der Waals surface area contributed by atoms with Crippen molar-refractivity contribution in [3.8, 4) is 17.2 Å². The average molecular weight is 555 g/mol. The third kappa shape index (κ3) is 8.23. The van der Waals surface area contributed by atoms with Crippen molar-refractivity contribution in [2.45, 2.75) is 27.7 Å². The first kappa shape index (κ1) is 29.5. The molecule has 1 heterocycles. The minimum absolute atomic E-state index is 0.245. The van der Waals surface area contributed by atoms with E-state index in [1.807, 2.05) is 13.8 Å². The Morgan fingerprint density at radius 2 is 1.79 bits per heavy atom. The first-order valence-electron chi connectivity index (χ1n) is 12.7. The number of amides is 3. The summed E-state index contributed by atoms with van der Waals surface area (Å²) in [6, 6.07) is 11.6. The van der Waals surface area contributed by atoms with E-state index in [1.54, 1.807) is 42.5 Å². The van der Waals surface area contributed by atoms with Gasteiger partial charge in [0.25, 0.3) is 5.91 Å². The molecule has 11 heteroatoms. The molecule has 2 aromatic carbocycles. The normalized spacial score (nSPS) is 10.6. The van der Waals surface area contributed by atoms with E-state index in [9.17, 15) is 9.59 Å². The van der Waals surface area contributed by atoms with Crippen molar-refractivity contribution < 1.29 is 19.1 Å². The van der Waals surface area contributed by atoms with Gasteiger partial charge in [-0.25, -0.2) is 4.79 Å². The predicted molar refractivity (Wildman–Crippen MR) is 154 cm³/mol. The van der Waals surface area contributed by atoms with Crippen molar-refractivity contribution in [3.63, 3.8) is 0 Å². The lowest BCUT2D eigenvalue weighted by molar-refractivity contribution is 0.0957. The number of benzene rings is 2. The number of carbonyl (C=O) groups excluding carboxylic acids is 2. The van der Waals surface area contributed by atoms with E-state index in [0.29, 0.717) is 40.3 Å². The lowest BCUT2D eigenvalue weighted by Gasteiger charge is -2.20. The van der Waals surface area contributed by atoms with Gasteiger partial charge in [0.2, 0.25) is 0 Å². The number of nitrogens with one attached hydrogen (secondary N) is 4. The summed E-state index contributed by atoms with van der Waals surface area (Å²) in [5.74, 6) is 1.19. The van der Waals surface area contributed by atoms with Gasteiger partial charge in [0.05, 0.1) is 11.4 Å². The van der Waals surface area contributed by atoms with E-state index in [0.717, 1.165) is 30.8 Å². The molecular weight excluding hydrogens is 520 g/mol. The van der Waals surface area contributed by atoms with Crippen LogP contribution in [0.3, 0.4) is 0 Å². The summed E-state index contributed by atoms with van der Waals surface area (Å²) in [5.41, 5.74) is 8.52. The highest BCUT2D eigenvalue weighted by Crippen LogP contribution is 2.32. The number of urea groups is 1. The molecule has 1 aromatic heterocycles. The molecule has 0 atom stereocenters.